The summed E-state index contributed by atoms with van der Waals surface area (Å²) in [6.45, 7) is 2.99. The van der Waals surface area contributed by atoms with Gasteiger partial charge in [-0.2, -0.15) is 0 Å². The zero-order valence-corrected chi connectivity index (χ0v) is 18.9. The van der Waals surface area contributed by atoms with Crippen molar-refractivity contribution in [3.63, 3.8) is 0 Å². The summed E-state index contributed by atoms with van der Waals surface area (Å²) in [5.41, 5.74) is 5.05. The molecule has 0 radical (unpaired) electrons. The van der Waals surface area contributed by atoms with Gasteiger partial charge in [-0.3, -0.25) is 4.90 Å². The molecule has 6 rings (SSSR count). The predicted octanol–water partition coefficient (Wildman–Crippen LogP) is 4.32. The molecule has 3 atom stereocenters. The van der Waals surface area contributed by atoms with Crippen molar-refractivity contribution >= 4 is 0 Å². The van der Waals surface area contributed by atoms with Gasteiger partial charge in [-0.1, -0.05) is 36.4 Å². The fourth-order valence-electron chi connectivity index (χ4n) is 5.12. The van der Waals surface area contributed by atoms with Crippen LogP contribution < -0.4 is 19.5 Å². The number of benzene rings is 3. The molecule has 3 aliphatic heterocycles. The van der Waals surface area contributed by atoms with Crippen LogP contribution in [0.25, 0.3) is 11.1 Å². The maximum absolute atomic E-state index is 5.43. The molecule has 3 aromatic rings. The first-order valence-corrected chi connectivity index (χ1v) is 11.1. The fraction of sp³-hybridized carbons (Fsp3) is 0.333. The lowest BCUT2D eigenvalue weighted by molar-refractivity contribution is 0.0470. The van der Waals surface area contributed by atoms with E-state index in [4.69, 9.17) is 14.2 Å². The van der Waals surface area contributed by atoms with Gasteiger partial charge in [0.25, 0.3) is 0 Å². The van der Waals surface area contributed by atoms with Crippen LogP contribution in [0.4, 0.5) is 0 Å². The Balaban J connectivity index is 1.25. The maximum atomic E-state index is 5.43. The van der Waals surface area contributed by atoms with E-state index in [0.717, 1.165) is 36.9 Å². The molecule has 1 unspecified atom stereocenters. The van der Waals surface area contributed by atoms with Crippen LogP contribution in [-0.2, 0) is 6.54 Å². The Morgan fingerprint density at radius 2 is 1.41 bits per heavy atom. The van der Waals surface area contributed by atoms with Crippen molar-refractivity contribution in [2.45, 2.75) is 24.5 Å². The summed E-state index contributed by atoms with van der Waals surface area (Å²) in [5, 5.41) is 3.74. The van der Waals surface area contributed by atoms with E-state index in [9.17, 15) is 0 Å². The first kappa shape index (κ1) is 20.9. The molecule has 3 fully saturated rings. The van der Waals surface area contributed by atoms with Gasteiger partial charge in [0.15, 0.2) is 0 Å². The van der Waals surface area contributed by atoms with Crippen molar-refractivity contribution in [1.82, 2.24) is 10.2 Å². The minimum Gasteiger partial charge on any atom is -0.497 e. The Morgan fingerprint density at radius 1 is 0.750 bits per heavy atom. The van der Waals surface area contributed by atoms with Gasteiger partial charge in [-0.05, 0) is 46.5 Å². The molecule has 3 aliphatic rings. The Kier molecular flexibility index (Phi) is 5.77. The predicted molar refractivity (Wildman–Crippen MR) is 127 cm³/mol. The quantitative estimate of drug-likeness (QED) is 0.605. The van der Waals surface area contributed by atoms with Crippen molar-refractivity contribution in [1.29, 1.82) is 0 Å². The lowest BCUT2D eigenvalue weighted by Gasteiger charge is -2.55. The zero-order valence-electron chi connectivity index (χ0n) is 18.9. The smallest absolute Gasteiger partial charge is 0.122 e. The molecule has 0 amide bonds. The van der Waals surface area contributed by atoms with E-state index in [0.29, 0.717) is 18.0 Å². The lowest BCUT2D eigenvalue weighted by atomic mass is 9.74. The monoisotopic (exact) mass is 430 g/mol. The molecule has 2 bridgehead atoms. The van der Waals surface area contributed by atoms with E-state index in [-0.39, 0.29) is 0 Å². The first-order valence-electron chi connectivity index (χ1n) is 11.1. The van der Waals surface area contributed by atoms with Crippen LogP contribution in [-0.4, -0.2) is 51.4 Å². The van der Waals surface area contributed by atoms with Gasteiger partial charge in [0.1, 0.15) is 17.2 Å². The third kappa shape index (κ3) is 4.06. The number of fused-ring (bicyclic) bond motifs is 2. The summed E-state index contributed by atoms with van der Waals surface area (Å²) < 4.78 is 16.2. The van der Waals surface area contributed by atoms with E-state index in [1.807, 2.05) is 18.2 Å². The average molecular weight is 431 g/mol. The molecule has 0 aromatic heterocycles. The molecule has 0 saturated carbocycles. The van der Waals surface area contributed by atoms with Crippen LogP contribution in [0.3, 0.4) is 0 Å². The standard InChI is InChI=1S/C27H30N2O3/c1-30-22-6-4-5-21(13-22)19-7-9-20(10-8-19)27-25-16-29(17-26(27)28-25)15-18-11-23(31-2)14-24(12-18)32-3/h4-14,25-28H,15-17H2,1-3H3/t25-,26+,27?. The van der Waals surface area contributed by atoms with Crippen LogP contribution in [0, 0.1) is 0 Å². The second kappa shape index (κ2) is 8.85. The summed E-state index contributed by atoms with van der Waals surface area (Å²) in [6, 6.07) is 24.4. The second-order valence-corrected chi connectivity index (χ2v) is 8.67. The molecule has 3 saturated heterocycles. The summed E-state index contributed by atoms with van der Waals surface area (Å²) in [4.78, 5) is 2.53. The summed E-state index contributed by atoms with van der Waals surface area (Å²) in [5.74, 6) is 3.14. The van der Waals surface area contributed by atoms with Crippen molar-refractivity contribution in [2.24, 2.45) is 0 Å². The Morgan fingerprint density at radius 3 is 2.03 bits per heavy atom. The van der Waals surface area contributed by atoms with E-state index < -0.39 is 0 Å². The van der Waals surface area contributed by atoms with E-state index in [1.165, 1.54) is 22.3 Å². The minimum atomic E-state index is 0.490. The average Bonchev–Trinajstić information content (AvgIpc) is 2.84. The molecule has 3 aromatic carbocycles. The molecule has 5 nitrogen and oxygen atoms in total. The van der Waals surface area contributed by atoms with Gasteiger partial charge in [-0.25, -0.2) is 0 Å². The number of methoxy groups -OCH3 is 3. The Bertz CT molecular complexity index is 1050. The highest BCUT2D eigenvalue weighted by molar-refractivity contribution is 5.65. The van der Waals surface area contributed by atoms with Crippen LogP contribution in [0.1, 0.15) is 17.0 Å². The number of nitrogens with one attached hydrogen (secondary N) is 1. The molecule has 3 heterocycles. The topological polar surface area (TPSA) is 43.0 Å². The highest BCUT2D eigenvalue weighted by Crippen LogP contribution is 2.38. The number of ether oxygens (including phenoxy) is 3. The molecular formula is C27H30N2O3. The highest BCUT2D eigenvalue weighted by Gasteiger charge is 2.46. The van der Waals surface area contributed by atoms with Crippen LogP contribution >= 0.6 is 0 Å². The fourth-order valence-corrected chi connectivity index (χ4v) is 5.12. The van der Waals surface area contributed by atoms with Crippen molar-refractivity contribution in [2.75, 3.05) is 34.4 Å². The van der Waals surface area contributed by atoms with E-state index >= 15 is 0 Å². The van der Waals surface area contributed by atoms with Crippen LogP contribution in [0.15, 0.2) is 66.7 Å². The number of nitrogens with zero attached hydrogens (tertiary/aromatic N) is 1. The van der Waals surface area contributed by atoms with Gasteiger partial charge in [0, 0.05) is 43.7 Å². The third-order valence-electron chi connectivity index (χ3n) is 6.72. The Hall–Kier alpha value is -3.02. The summed E-state index contributed by atoms with van der Waals surface area (Å²) in [6.07, 6.45) is 0. The largest absolute Gasteiger partial charge is 0.497 e. The lowest BCUT2D eigenvalue weighted by Crippen LogP contribution is -2.71. The van der Waals surface area contributed by atoms with Crippen molar-refractivity contribution in [3.8, 4) is 28.4 Å². The normalized spacial score (nSPS) is 22.2. The second-order valence-electron chi connectivity index (χ2n) is 8.67. The van der Waals surface area contributed by atoms with Gasteiger partial charge < -0.3 is 19.5 Å². The van der Waals surface area contributed by atoms with Crippen LogP contribution in [0.2, 0.25) is 0 Å². The van der Waals surface area contributed by atoms with Gasteiger partial charge in [0.2, 0.25) is 0 Å². The van der Waals surface area contributed by atoms with E-state index in [1.54, 1.807) is 21.3 Å². The molecule has 0 aliphatic carbocycles. The zero-order chi connectivity index (χ0) is 22.1. The third-order valence-corrected chi connectivity index (χ3v) is 6.72. The molecule has 166 valence electrons. The van der Waals surface area contributed by atoms with Crippen molar-refractivity contribution < 1.29 is 14.2 Å². The number of piperazine rings is 1. The van der Waals surface area contributed by atoms with Gasteiger partial charge in [0.05, 0.1) is 21.3 Å². The highest BCUT2D eigenvalue weighted by atomic mass is 16.5. The van der Waals surface area contributed by atoms with Crippen molar-refractivity contribution in [3.05, 3.63) is 77.9 Å². The number of rotatable bonds is 7. The summed E-state index contributed by atoms with van der Waals surface area (Å²) in [7, 11) is 5.10. The van der Waals surface area contributed by atoms with Crippen LogP contribution in [0.5, 0.6) is 17.2 Å². The molecule has 1 N–H and O–H groups in total. The first-order chi connectivity index (χ1) is 15.7. The minimum absolute atomic E-state index is 0.490. The van der Waals surface area contributed by atoms with Gasteiger partial charge in [-0.15, -0.1) is 0 Å². The molecular weight excluding hydrogens is 400 g/mol. The maximum Gasteiger partial charge on any atom is 0.122 e. The number of hydrogen-bond donors (Lipinski definition) is 1. The Labute approximate surface area is 189 Å². The number of hydrogen-bond acceptors (Lipinski definition) is 5. The van der Waals surface area contributed by atoms with Gasteiger partial charge >= 0.3 is 0 Å². The SMILES string of the molecule is COc1cc(CN2C[C@@H]3N[C@H](C2)C3c2ccc(-c3cccc(OC)c3)cc2)cc(OC)c1. The van der Waals surface area contributed by atoms with E-state index in [2.05, 4.69) is 58.7 Å². The molecule has 32 heavy (non-hydrogen) atoms. The number of piperidine rings is 1. The molecule has 0 spiro atoms. The molecule has 5 heteroatoms. The summed E-state index contributed by atoms with van der Waals surface area (Å²) >= 11 is 0.